The molecule has 5 aromatic carbocycles. The number of ether oxygens (including phenoxy) is 2. The first-order chi connectivity index (χ1) is 23.6. The summed E-state index contributed by atoms with van der Waals surface area (Å²) < 4.78 is 24.3. The van der Waals surface area contributed by atoms with E-state index in [1.54, 1.807) is 0 Å². The smallest absolute Gasteiger partial charge is 0.235 e. The van der Waals surface area contributed by atoms with E-state index >= 15 is 0 Å². The van der Waals surface area contributed by atoms with Gasteiger partial charge in [0.1, 0.15) is 30.5 Å². The second-order valence-corrected chi connectivity index (χ2v) is 16.0. The number of fused-ring (bicyclic) bond motifs is 3. The molecule has 0 bridgehead atoms. The van der Waals surface area contributed by atoms with Crippen LogP contribution in [0.3, 0.4) is 0 Å². The van der Waals surface area contributed by atoms with E-state index < -0.39 is 13.8 Å². The highest BCUT2D eigenvalue weighted by atomic mass is 31.2. The molecule has 1 N–H and O–H groups in total. The van der Waals surface area contributed by atoms with Crippen molar-refractivity contribution >= 4 is 8.38 Å². The zero-order valence-corrected chi connectivity index (χ0v) is 30.5. The van der Waals surface area contributed by atoms with Crippen molar-refractivity contribution in [3.63, 3.8) is 0 Å². The first-order valence-electron chi connectivity index (χ1n) is 17.1. The molecule has 0 radical (unpaired) electrons. The van der Waals surface area contributed by atoms with Crippen LogP contribution in [0.25, 0.3) is 11.1 Å². The molecule has 49 heavy (non-hydrogen) atoms. The number of rotatable bonds is 12. The molecule has 0 spiro atoms. The predicted molar refractivity (Wildman–Crippen MR) is 202 cm³/mol. The third-order valence-corrected chi connectivity index (χ3v) is 9.82. The fourth-order valence-electron chi connectivity index (χ4n) is 6.00. The number of para-hydroxylation sites is 1. The van der Waals surface area contributed by atoms with Crippen LogP contribution in [-0.4, -0.2) is 36.7 Å². The lowest BCUT2D eigenvalue weighted by atomic mass is 9.68. The van der Waals surface area contributed by atoms with Gasteiger partial charge in [0, 0.05) is 5.16 Å². The monoisotopic (exact) mass is 676 g/mol. The van der Waals surface area contributed by atoms with Crippen molar-refractivity contribution in [2.24, 2.45) is 5.92 Å². The molecule has 0 amide bonds. The zero-order valence-electron chi connectivity index (χ0n) is 29.6. The molecule has 0 saturated carbocycles. The molecule has 1 unspecified atom stereocenters. The number of aliphatic hydroxyl groups is 1. The summed E-state index contributed by atoms with van der Waals surface area (Å²) in [7, 11) is -1.16. The van der Waals surface area contributed by atoms with Crippen LogP contribution in [-0.2, 0) is 9.94 Å². The van der Waals surface area contributed by atoms with Gasteiger partial charge >= 0.3 is 0 Å². The molecule has 0 fully saturated rings. The normalized spacial score (nSPS) is 13.5. The van der Waals surface area contributed by atoms with Gasteiger partial charge < -0.3 is 23.6 Å². The van der Waals surface area contributed by atoms with Crippen LogP contribution in [0.5, 0.6) is 17.2 Å². The molecule has 5 aromatic rings. The van der Waals surface area contributed by atoms with Crippen molar-refractivity contribution in [3.05, 3.63) is 150 Å². The summed E-state index contributed by atoms with van der Waals surface area (Å²) in [4.78, 5) is 0. The minimum absolute atomic E-state index is 0.0213. The summed E-state index contributed by atoms with van der Waals surface area (Å²) in [6.07, 6.45) is 0. The molecule has 6 rings (SSSR count). The maximum Gasteiger partial charge on any atom is 0.235 e. The van der Waals surface area contributed by atoms with Crippen LogP contribution in [0.15, 0.2) is 127 Å². The SMILES string of the molecule is CC(C)(C)P(OCCOc1ccc(C2(c3ccc(OCCO)cc3)c3ccccc3-c3ccccc32)cc1)Oc1ccccc1.CC(C)C. The van der Waals surface area contributed by atoms with E-state index in [0.717, 1.165) is 34.3 Å². The number of benzene rings is 5. The van der Waals surface area contributed by atoms with E-state index in [1.165, 1.54) is 22.3 Å². The highest BCUT2D eigenvalue weighted by Crippen LogP contribution is 2.56. The van der Waals surface area contributed by atoms with Gasteiger partial charge in [-0.3, -0.25) is 0 Å². The molecule has 5 nitrogen and oxygen atoms in total. The minimum atomic E-state index is -1.16. The Morgan fingerprint density at radius 1 is 0.571 bits per heavy atom. The molecule has 256 valence electrons. The maximum absolute atomic E-state index is 9.22. The summed E-state index contributed by atoms with van der Waals surface area (Å²) >= 11 is 0. The molecular weight excluding hydrogens is 627 g/mol. The molecule has 6 heteroatoms. The quantitative estimate of drug-likeness (QED) is 0.103. The van der Waals surface area contributed by atoms with Gasteiger partial charge in [-0.2, -0.15) is 0 Å². The van der Waals surface area contributed by atoms with Gasteiger partial charge in [-0.1, -0.05) is 133 Å². The topological polar surface area (TPSA) is 57.2 Å². The fourth-order valence-corrected chi connectivity index (χ4v) is 7.27. The van der Waals surface area contributed by atoms with Gasteiger partial charge in [0.2, 0.25) is 8.38 Å². The van der Waals surface area contributed by atoms with Gasteiger partial charge in [-0.05, 0) is 75.7 Å². The van der Waals surface area contributed by atoms with Crippen molar-refractivity contribution < 1.29 is 23.6 Å². The molecule has 0 aliphatic heterocycles. The largest absolute Gasteiger partial charge is 0.491 e. The molecule has 0 saturated heterocycles. The van der Waals surface area contributed by atoms with Crippen LogP contribution in [0.1, 0.15) is 63.8 Å². The third kappa shape index (κ3) is 8.54. The number of hydrogen-bond acceptors (Lipinski definition) is 5. The Balaban J connectivity index is 0.00000111. The number of aliphatic hydroxyl groups excluding tert-OH is 1. The summed E-state index contributed by atoms with van der Waals surface area (Å²) in [5.41, 5.74) is 6.74. The van der Waals surface area contributed by atoms with E-state index in [-0.39, 0.29) is 18.4 Å². The Labute approximate surface area is 293 Å². The van der Waals surface area contributed by atoms with Crippen molar-refractivity contribution in [1.82, 2.24) is 0 Å². The standard InChI is InChI=1S/C39H39O5P.C4H10/c1-38(2,3)45(44-33-11-5-4-6-12-33)43-28-27-42-32-23-19-30(20-24-32)39(29-17-21-31(22-18-29)41-26-25-40)36-15-9-7-13-34(36)35-14-8-10-16-37(35)39;1-4(2)3/h4-24,40H,25-28H2,1-3H3;4H,1-3H3. The molecule has 0 aromatic heterocycles. The molecule has 1 aliphatic carbocycles. The van der Waals surface area contributed by atoms with E-state index in [2.05, 4.69) is 114 Å². The lowest BCUT2D eigenvalue weighted by molar-refractivity contribution is 0.201. The summed E-state index contributed by atoms with van der Waals surface area (Å²) in [5.74, 6) is 3.16. The zero-order chi connectivity index (χ0) is 34.9. The molecule has 1 aliphatic rings. The lowest BCUT2D eigenvalue weighted by Gasteiger charge is -2.34. The maximum atomic E-state index is 9.22. The Bertz CT molecular complexity index is 1700. The summed E-state index contributed by atoms with van der Waals surface area (Å²) in [6, 6.07) is 43.8. The second-order valence-electron chi connectivity index (χ2n) is 13.7. The third-order valence-electron chi connectivity index (χ3n) is 7.93. The lowest BCUT2D eigenvalue weighted by Crippen LogP contribution is -2.28. The molecule has 1 atom stereocenters. The van der Waals surface area contributed by atoms with Crippen LogP contribution < -0.4 is 14.0 Å². The van der Waals surface area contributed by atoms with Gasteiger partial charge in [0.25, 0.3) is 0 Å². The van der Waals surface area contributed by atoms with Crippen molar-refractivity contribution in [2.75, 3.05) is 26.4 Å². The van der Waals surface area contributed by atoms with Gasteiger partial charge in [0.15, 0.2) is 0 Å². The van der Waals surface area contributed by atoms with Crippen molar-refractivity contribution in [2.45, 2.75) is 52.1 Å². The van der Waals surface area contributed by atoms with Crippen LogP contribution in [0, 0.1) is 5.92 Å². The number of hydrogen-bond donors (Lipinski definition) is 1. The van der Waals surface area contributed by atoms with E-state index in [4.69, 9.17) is 18.5 Å². The van der Waals surface area contributed by atoms with Crippen LogP contribution in [0.2, 0.25) is 0 Å². The first-order valence-corrected chi connectivity index (χ1v) is 18.3. The highest BCUT2D eigenvalue weighted by molar-refractivity contribution is 7.49. The first kappa shape index (κ1) is 36.1. The summed E-state index contributed by atoms with van der Waals surface area (Å²) in [5, 5.41) is 9.08. The van der Waals surface area contributed by atoms with Gasteiger partial charge in [0.05, 0.1) is 18.6 Å². The Morgan fingerprint density at radius 2 is 1.02 bits per heavy atom. The van der Waals surface area contributed by atoms with Crippen molar-refractivity contribution in [1.29, 1.82) is 0 Å². The average Bonchev–Trinajstić information content (AvgIpc) is 3.40. The predicted octanol–water partition coefficient (Wildman–Crippen LogP) is 10.7. The average molecular weight is 677 g/mol. The van der Waals surface area contributed by atoms with E-state index in [9.17, 15) is 5.11 Å². The van der Waals surface area contributed by atoms with Gasteiger partial charge in [-0.25, -0.2) is 0 Å². The fraction of sp³-hybridized carbons (Fsp3) is 0.302. The summed E-state index contributed by atoms with van der Waals surface area (Å²) in [6.45, 7) is 14.0. The molecule has 0 heterocycles. The van der Waals surface area contributed by atoms with Crippen LogP contribution >= 0.6 is 8.38 Å². The Morgan fingerprint density at radius 3 is 1.49 bits per heavy atom. The Kier molecular flexibility index (Phi) is 12.2. The van der Waals surface area contributed by atoms with Gasteiger partial charge in [-0.15, -0.1) is 0 Å². The Hall–Kier alpha value is -4.15. The second kappa shape index (κ2) is 16.5. The minimum Gasteiger partial charge on any atom is -0.491 e. The molecular formula is C43H49O5P. The van der Waals surface area contributed by atoms with Crippen molar-refractivity contribution in [3.8, 4) is 28.4 Å². The van der Waals surface area contributed by atoms with E-state index in [1.807, 2.05) is 54.6 Å². The highest BCUT2D eigenvalue weighted by Gasteiger charge is 2.45. The van der Waals surface area contributed by atoms with E-state index in [0.29, 0.717) is 13.2 Å². The van der Waals surface area contributed by atoms with Crippen LogP contribution in [0.4, 0.5) is 0 Å².